The zero-order chi connectivity index (χ0) is 26.8. The van der Waals surface area contributed by atoms with E-state index in [2.05, 4.69) is 27.4 Å². The van der Waals surface area contributed by atoms with Gasteiger partial charge in [0.1, 0.15) is 5.75 Å². The minimum Gasteiger partial charge on any atom is -0.497 e. The summed E-state index contributed by atoms with van der Waals surface area (Å²) in [5.74, 6) is 0.424. The molecular formula is C26H29N5O5S. The van der Waals surface area contributed by atoms with E-state index in [4.69, 9.17) is 9.47 Å². The first-order chi connectivity index (χ1) is 17.8. The Hall–Kier alpha value is -4.12. The van der Waals surface area contributed by atoms with Gasteiger partial charge in [0.15, 0.2) is 11.0 Å². The van der Waals surface area contributed by atoms with Crippen molar-refractivity contribution in [3.63, 3.8) is 0 Å². The number of nitrogens with one attached hydrogen (secondary N) is 2. The molecule has 0 aliphatic carbocycles. The Morgan fingerprint density at radius 3 is 2.54 bits per heavy atom. The molecule has 0 aliphatic rings. The van der Waals surface area contributed by atoms with Crippen LogP contribution in [0, 0.1) is 0 Å². The first kappa shape index (κ1) is 27.5. The van der Waals surface area contributed by atoms with Crippen LogP contribution in [0.5, 0.6) is 5.75 Å². The number of benzene rings is 2. The van der Waals surface area contributed by atoms with Gasteiger partial charge in [-0.1, -0.05) is 36.0 Å². The van der Waals surface area contributed by atoms with E-state index >= 15 is 0 Å². The fourth-order valence-electron chi connectivity index (χ4n) is 3.48. The van der Waals surface area contributed by atoms with E-state index in [1.54, 1.807) is 42.0 Å². The molecule has 10 nitrogen and oxygen atoms in total. The summed E-state index contributed by atoms with van der Waals surface area (Å²) in [6.07, 6.45) is 1.91. The molecule has 194 valence electrons. The SMILES string of the molecule is C=CCn1c(SCC(=O)Nc2cccc(C(=O)OC)c2)nnc1[C@H](C)NC(=O)Cc1ccc(OC)cc1. The van der Waals surface area contributed by atoms with E-state index in [0.717, 1.165) is 11.3 Å². The van der Waals surface area contributed by atoms with Gasteiger partial charge in [-0.2, -0.15) is 0 Å². The molecule has 0 aliphatic heterocycles. The van der Waals surface area contributed by atoms with Crippen LogP contribution in [0.15, 0.2) is 66.3 Å². The predicted molar refractivity (Wildman–Crippen MR) is 141 cm³/mol. The topological polar surface area (TPSA) is 124 Å². The number of allylic oxidation sites excluding steroid dienone is 1. The Morgan fingerprint density at radius 2 is 1.86 bits per heavy atom. The van der Waals surface area contributed by atoms with Crippen molar-refractivity contribution in [3.8, 4) is 5.75 Å². The summed E-state index contributed by atoms with van der Waals surface area (Å²) in [5.41, 5.74) is 1.68. The molecule has 37 heavy (non-hydrogen) atoms. The van der Waals surface area contributed by atoms with E-state index in [1.165, 1.54) is 18.9 Å². The van der Waals surface area contributed by atoms with Crippen LogP contribution in [0.4, 0.5) is 5.69 Å². The largest absolute Gasteiger partial charge is 0.497 e. The highest BCUT2D eigenvalue weighted by molar-refractivity contribution is 7.99. The number of ether oxygens (including phenoxy) is 2. The van der Waals surface area contributed by atoms with Crippen LogP contribution in [0.25, 0.3) is 0 Å². The van der Waals surface area contributed by atoms with Crippen molar-refractivity contribution in [2.75, 3.05) is 25.3 Å². The Morgan fingerprint density at radius 1 is 1.11 bits per heavy atom. The number of esters is 1. The molecule has 11 heteroatoms. The molecule has 0 saturated carbocycles. The van der Waals surface area contributed by atoms with Crippen LogP contribution in [-0.4, -0.2) is 52.5 Å². The molecule has 0 radical (unpaired) electrons. The summed E-state index contributed by atoms with van der Waals surface area (Å²) in [7, 11) is 2.89. The summed E-state index contributed by atoms with van der Waals surface area (Å²) in [5, 5.41) is 14.7. The monoisotopic (exact) mass is 523 g/mol. The van der Waals surface area contributed by atoms with Gasteiger partial charge in [0.2, 0.25) is 11.8 Å². The molecular weight excluding hydrogens is 494 g/mol. The lowest BCUT2D eigenvalue weighted by Gasteiger charge is -2.15. The summed E-state index contributed by atoms with van der Waals surface area (Å²) >= 11 is 1.21. The highest BCUT2D eigenvalue weighted by Gasteiger charge is 2.20. The van der Waals surface area contributed by atoms with Crippen molar-refractivity contribution in [1.29, 1.82) is 0 Å². The third-order valence-corrected chi connectivity index (χ3v) is 6.21. The van der Waals surface area contributed by atoms with E-state index < -0.39 is 12.0 Å². The van der Waals surface area contributed by atoms with Gasteiger partial charge in [-0.15, -0.1) is 16.8 Å². The first-order valence-electron chi connectivity index (χ1n) is 11.4. The molecule has 2 aromatic carbocycles. The van der Waals surface area contributed by atoms with Crippen molar-refractivity contribution in [2.45, 2.75) is 31.1 Å². The van der Waals surface area contributed by atoms with Crippen LogP contribution in [-0.2, 0) is 27.3 Å². The standard InChI is InChI=1S/C26H29N5O5S/c1-5-13-31-24(17(2)27-22(32)14-18-9-11-21(35-3)12-10-18)29-30-26(31)37-16-23(33)28-20-8-6-7-19(15-20)25(34)36-4/h5-12,15,17H,1,13-14,16H2,2-4H3,(H,27,32)(H,28,33)/t17-/m0/s1. The molecule has 0 saturated heterocycles. The van der Waals surface area contributed by atoms with E-state index in [1.807, 2.05) is 31.2 Å². The third-order valence-electron chi connectivity index (χ3n) is 5.25. The van der Waals surface area contributed by atoms with Gasteiger partial charge in [0.25, 0.3) is 0 Å². The quantitative estimate of drug-likeness (QED) is 0.210. The molecule has 1 aromatic heterocycles. The van der Waals surface area contributed by atoms with Gasteiger partial charge in [0.05, 0.1) is 38.0 Å². The maximum absolute atomic E-state index is 12.6. The third kappa shape index (κ3) is 7.68. The predicted octanol–water partition coefficient (Wildman–Crippen LogP) is 3.41. The first-order valence-corrected chi connectivity index (χ1v) is 12.4. The summed E-state index contributed by atoms with van der Waals surface area (Å²) < 4.78 is 11.7. The zero-order valence-electron chi connectivity index (χ0n) is 20.9. The van der Waals surface area contributed by atoms with Crippen LogP contribution in [0.2, 0.25) is 0 Å². The minimum atomic E-state index is -0.485. The average molecular weight is 524 g/mol. The Kier molecular flexibility index (Phi) is 9.84. The molecule has 3 rings (SSSR count). The van der Waals surface area contributed by atoms with Gasteiger partial charge in [-0.25, -0.2) is 4.79 Å². The van der Waals surface area contributed by atoms with Crippen molar-refractivity contribution in [3.05, 3.63) is 78.1 Å². The van der Waals surface area contributed by atoms with Gasteiger partial charge >= 0.3 is 5.97 Å². The molecule has 1 atom stereocenters. The summed E-state index contributed by atoms with van der Waals surface area (Å²) in [6.45, 7) is 6.02. The number of rotatable bonds is 12. The zero-order valence-corrected chi connectivity index (χ0v) is 21.7. The van der Waals surface area contributed by atoms with Gasteiger partial charge in [-0.3, -0.25) is 9.59 Å². The van der Waals surface area contributed by atoms with Gasteiger partial charge in [-0.05, 0) is 42.8 Å². The molecule has 1 heterocycles. The molecule has 0 spiro atoms. The van der Waals surface area contributed by atoms with Crippen molar-refractivity contribution in [2.24, 2.45) is 0 Å². The number of carbonyl (C=O) groups is 3. The lowest BCUT2D eigenvalue weighted by Crippen LogP contribution is -2.30. The fraction of sp³-hybridized carbons (Fsp3) is 0.269. The highest BCUT2D eigenvalue weighted by atomic mass is 32.2. The Bertz CT molecular complexity index is 1260. The molecule has 2 amide bonds. The number of hydrogen-bond donors (Lipinski definition) is 2. The summed E-state index contributed by atoms with van der Waals surface area (Å²) in [6, 6.07) is 13.4. The second-order valence-electron chi connectivity index (χ2n) is 7.96. The van der Waals surface area contributed by atoms with Crippen molar-refractivity contribution >= 4 is 35.2 Å². The number of thioether (sulfide) groups is 1. The molecule has 0 bridgehead atoms. The Labute approximate surface area is 219 Å². The van der Waals surface area contributed by atoms with E-state index in [9.17, 15) is 14.4 Å². The lowest BCUT2D eigenvalue weighted by atomic mass is 10.1. The van der Waals surface area contributed by atoms with Gasteiger partial charge in [0, 0.05) is 12.2 Å². The smallest absolute Gasteiger partial charge is 0.337 e. The molecule has 2 N–H and O–H groups in total. The summed E-state index contributed by atoms with van der Waals surface area (Å²) in [4.78, 5) is 36.8. The molecule has 0 fully saturated rings. The van der Waals surface area contributed by atoms with Crippen molar-refractivity contribution < 1.29 is 23.9 Å². The van der Waals surface area contributed by atoms with E-state index in [0.29, 0.717) is 28.8 Å². The minimum absolute atomic E-state index is 0.0654. The maximum atomic E-state index is 12.6. The molecule has 0 unspecified atom stereocenters. The Balaban J connectivity index is 1.60. The number of carbonyl (C=O) groups excluding carboxylic acids is 3. The number of amides is 2. The van der Waals surface area contributed by atoms with E-state index in [-0.39, 0.29) is 24.0 Å². The van der Waals surface area contributed by atoms with Gasteiger partial charge < -0.3 is 24.7 Å². The lowest BCUT2D eigenvalue weighted by molar-refractivity contribution is -0.121. The second-order valence-corrected chi connectivity index (χ2v) is 8.91. The number of anilines is 1. The average Bonchev–Trinajstić information content (AvgIpc) is 3.30. The number of hydrogen-bond acceptors (Lipinski definition) is 8. The van der Waals surface area contributed by atoms with Crippen molar-refractivity contribution in [1.82, 2.24) is 20.1 Å². The molecule has 3 aromatic rings. The second kappa shape index (κ2) is 13.3. The van der Waals surface area contributed by atoms with Crippen LogP contribution < -0.4 is 15.4 Å². The maximum Gasteiger partial charge on any atom is 0.337 e. The number of aromatic nitrogens is 3. The van der Waals surface area contributed by atoms with Crippen LogP contribution >= 0.6 is 11.8 Å². The van der Waals surface area contributed by atoms with Crippen LogP contribution in [0.3, 0.4) is 0 Å². The normalized spacial score (nSPS) is 11.3. The van der Waals surface area contributed by atoms with Crippen LogP contribution in [0.1, 0.15) is 34.7 Å². The highest BCUT2D eigenvalue weighted by Crippen LogP contribution is 2.22. The fourth-order valence-corrected chi connectivity index (χ4v) is 4.24. The number of nitrogens with zero attached hydrogens (tertiary/aromatic N) is 3. The number of methoxy groups -OCH3 is 2.